The lowest BCUT2D eigenvalue weighted by Gasteiger charge is -2.19. The fourth-order valence-corrected chi connectivity index (χ4v) is 2.30. The lowest BCUT2D eigenvalue weighted by Crippen LogP contribution is -2.37. The smallest absolute Gasteiger partial charge is 0.234 e. The van der Waals surface area contributed by atoms with Crippen molar-refractivity contribution in [2.75, 3.05) is 13.6 Å². The van der Waals surface area contributed by atoms with Crippen LogP contribution in [0.3, 0.4) is 0 Å². The van der Waals surface area contributed by atoms with E-state index in [0.29, 0.717) is 13.1 Å². The number of hydrogen-bond acceptors (Lipinski definition) is 5. The van der Waals surface area contributed by atoms with Crippen molar-refractivity contribution in [2.45, 2.75) is 33.0 Å². The molecule has 0 aliphatic carbocycles. The van der Waals surface area contributed by atoms with Crippen molar-refractivity contribution >= 4 is 5.91 Å². The predicted molar refractivity (Wildman–Crippen MR) is 82.8 cm³/mol. The highest BCUT2D eigenvalue weighted by atomic mass is 16.2. The van der Waals surface area contributed by atoms with Crippen molar-refractivity contribution in [3.05, 3.63) is 42.2 Å². The van der Waals surface area contributed by atoms with Crippen LogP contribution in [-0.2, 0) is 17.9 Å². The van der Waals surface area contributed by atoms with Crippen LogP contribution in [0.5, 0.6) is 0 Å². The first-order valence-corrected chi connectivity index (χ1v) is 7.34. The Labute approximate surface area is 130 Å². The van der Waals surface area contributed by atoms with Gasteiger partial charge in [-0.1, -0.05) is 0 Å². The molecule has 1 amide bonds. The normalized spacial score (nSPS) is 12.4. The standard InChI is InChI=1S/C15H22N6O/c1-4-21-15(17-11-18-21)12(2)19-14(22)10-20(3)9-13-5-7-16-8-6-13/h5-8,11-12H,4,9-10H2,1-3H3,(H,19,22). The zero-order valence-corrected chi connectivity index (χ0v) is 13.2. The SMILES string of the molecule is CCn1ncnc1C(C)NC(=O)CN(C)Cc1ccncc1. The molecular weight excluding hydrogens is 280 g/mol. The summed E-state index contributed by atoms with van der Waals surface area (Å²) in [5, 5.41) is 7.08. The lowest BCUT2D eigenvalue weighted by atomic mass is 10.2. The van der Waals surface area contributed by atoms with Crippen LogP contribution in [0.1, 0.15) is 31.3 Å². The Morgan fingerprint density at radius 2 is 2.14 bits per heavy atom. The molecule has 1 unspecified atom stereocenters. The Bertz CT molecular complexity index is 597. The van der Waals surface area contributed by atoms with E-state index in [0.717, 1.165) is 17.9 Å². The van der Waals surface area contributed by atoms with Gasteiger partial charge in [-0.05, 0) is 38.6 Å². The quantitative estimate of drug-likeness (QED) is 0.826. The van der Waals surface area contributed by atoms with Gasteiger partial charge in [0.25, 0.3) is 0 Å². The van der Waals surface area contributed by atoms with Gasteiger partial charge in [-0.2, -0.15) is 5.10 Å². The molecule has 0 spiro atoms. The topological polar surface area (TPSA) is 75.9 Å². The number of rotatable bonds is 7. The van der Waals surface area contributed by atoms with Crippen molar-refractivity contribution in [1.29, 1.82) is 0 Å². The summed E-state index contributed by atoms with van der Waals surface area (Å²) in [4.78, 5) is 22.3. The minimum Gasteiger partial charge on any atom is -0.345 e. The number of hydrogen-bond donors (Lipinski definition) is 1. The van der Waals surface area contributed by atoms with Crippen LogP contribution in [0.15, 0.2) is 30.9 Å². The molecule has 7 heteroatoms. The number of pyridine rings is 1. The van der Waals surface area contributed by atoms with E-state index >= 15 is 0 Å². The molecule has 0 bridgehead atoms. The number of carbonyl (C=O) groups is 1. The van der Waals surface area contributed by atoms with Gasteiger partial charge in [0.1, 0.15) is 12.2 Å². The molecule has 1 N–H and O–H groups in total. The number of nitrogens with one attached hydrogen (secondary N) is 1. The van der Waals surface area contributed by atoms with Gasteiger partial charge in [-0.25, -0.2) is 9.67 Å². The highest BCUT2D eigenvalue weighted by Crippen LogP contribution is 2.08. The number of aromatic nitrogens is 4. The molecule has 118 valence electrons. The van der Waals surface area contributed by atoms with Gasteiger partial charge in [-0.3, -0.25) is 14.7 Å². The number of aryl methyl sites for hydroxylation is 1. The Kier molecular flexibility index (Phi) is 5.60. The first-order chi connectivity index (χ1) is 10.6. The summed E-state index contributed by atoms with van der Waals surface area (Å²) in [5.74, 6) is 0.738. The van der Waals surface area contributed by atoms with Crippen LogP contribution in [0.2, 0.25) is 0 Å². The fraction of sp³-hybridized carbons (Fsp3) is 0.467. The van der Waals surface area contributed by atoms with Gasteiger partial charge in [0.05, 0.1) is 12.6 Å². The van der Waals surface area contributed by atoms with E-state index in [1.165, 1.54) is 6.33 Å². The molecule has 1 atom stereocenters. The van der Waals surface area contributed by atoms with Crippen LogP contribution in [0.4, 0.5) is 0 Å². The van der Waals surface area contributed by atoms with Crippen molar-refractivity contribution in [1.82, 2.24) is 30.0 Å². The van der Waals surface area contributed by atoms with Crippen molar-refractivity contribution in [3.63, 3.8) is 0 Å². The molecule has 2 heterocycles. The van der Waals surface area contributed by atoms with Gasteiger partial charge in [0.15, 0.2) is 0 Å². The Morgan fingerprint density at radius 3 is 2.82 bits per heavy atom. The van der Waals surface area contributed by atoms with E-state index in [-0.39, 0.29) is 11.9 Å². The first-order valence-electron chi connectivity index (χ1n) is 7.34. The molecule has 0 aliphatic rings. The summed E-state index contributed by atoms with van der Waals surface area (Å²) in [7, 11) is 1.92. The molecular formula is C15H22N6O. The van der Waals surface area contributed by atoms with Crippen LogP contribution >= 0.6 is 0 Å². The molecule has 0 saturated heterocycles. The second-order valence-corrected chi connectivity index (χ2v) is 5.25. The second kappa shape index (κ2) is 7.65. The molecule has 22 heavy (non-hydrogen) atoms. The molecule has 0 saturated carbocycles. The van der Waals surface area contributed by atoms with Gasteiger partial charge < -0.3 is 5.32 Å². The average molecular weight is 302 g/mol. The minimum atomic E-state index is -0.163. The maximum atomic E-state index is 12.1. The van der Waals surface area contributed by atoms with E-state index in [9.17, 15) is 4.79 Å². The molecule has 0 aromatic carbocycles. The summed E-state index contributed by atoms with van der Waals surface area (Å²) in [6, 6.07) is 3.73. The molecule has 2 rings (SSSR count). The highest BCUT2D eigenvalue weighted by Gasteiger charge is 2.16. The van der Waals surface area contributed by atoms with E-state index in [1.807, 2.05) is 37.9 Å². The zero-order valence-electron chi connectivity index (χ0n) is 13.2. The number of nitrogens with zero attached hydrogens (tertiary/aromatic N) is 5. The van der Waals surface area contributed by atoms with Crippen molar-refractivity contribution < 1.29 is 4.79 Å². The largest absolute Gasteiger partial charge is 0.345 e. The van der Waals surface area contributed by atoms with Crippen LogP contribution in [0, 0.1) is 0 Å². The van der Waals surface area contributed by atoms with Crippen molar-refractivity contribution in [3.8, 4) is 0 Å². The maximum Gasteiger partial charge on any atom is 0.234 e. The molecule has 7 nitrogen and oxygen atoms in total. The minimum absolute atomic E-state index is 0.0327. The van der Waals surface area contributed by atoms with Crippen LogP contribution < -0.4 is 5.32 Å². The van der Waals surface area contributed by atoms with E-state index in [4.69, 9.17) is 0 Å². The third kappa shape index (κ3) is 4.36. The summed E-state index contributed by atoms with van der Waals surface area (Å²) in [5.41, 5.74) is 1.13. The highest BCUT2D eigenvalue weighted by molar-refractivity contribution is 5.78. The maximum absolute atomic E-state index is 12.1. The number of carbonyl (C=O) groups excluding carboxylic acids is 1. The van der Waals surface area contributed by atoms with Crippen LogP contribution in [-0.4, -0.2) is 44.1 Å². The number of likely N-dealkylation sites (N-methyl/N-ethyl adjacent to an activating group) is 1. The third-order valence-corrected chi connectivity index (χ3v) is 3.33. The molecule has 2 aromatic rings. The van der Waals surface area contributed by atoms with Crippen molar-refractivity contribution in [2.24, 2.45) is 0 Å². The van der Waals surface area contributed by atoms with Gasteiger partial charge in [-0.15, -0.1) is 0 Å². The number of amides is 1. The Morgan fingerprint density at radius 1 is 1.41 bits per heavy atom. The monoisotopic (exact) mass is 302 g/mol. The first kappa shape index (κ1) is 16.1. The summed E-state index contributed by atoms with van der Waals surface area (Å²) in [6.45, 7) is 5.67. The van der Waals surface area contributed by atoms with Gasteiger partial charge >= 0.3 is 0 Å². The second-order valence-electron chi connectivity index (χ2n) is 5.25. The molecule has 0 radical (unpaired) electrons. The fourth-order valence-electron chi connectivity index (χ4n) is 2.30. The van der Waals surface area contributed by atoms with E-state index in [1.54, 1.807) is 17.1 Å². The summed E-state index contributed by atoms with van der Waals surface area (Å²) in [6.07, 6.45) is 5.02. The van der Waals surface area contributed by atoms with Gasteiger partial charge in [0.2, 0.25) is 5.91 Å². The molecule has 0 aliphatic heterocycles. The zero-order chi connectivity index (χ0) is 15.9. The molecule has 0 fully saturated rings. The summed E-state index contributed by atoms with van der Waals surface area (Å²) < 4.78 is 1.78. The Hall–Kier alpha value is -2.28. The molecule has 2 aromatic heterocycles. The van der Waals surface area contributed by atoms with Gasteiger partial charge in [0, 0.05) is 25.5 Å². The summed E-state index contributed by atoms with van der Waals surface area (Å²) >= 11 is 0. The third-order valence-electron chi connectivity index (χ3n) is 3.33. The van der Waals surface area contributed by atoms with E-state index < -0.39 is 0 Å². The predicted octanol–water partition coefficient (Wildman–Crippen LogP) is 1.00. The lowest BCUT2D eigenvalue weighted by molar-refractivity contribution is -0.122. The van der Waals surface area contributed by atoms with E-state index in [2.05, 4.69) is 20.4 Å². The average Bonchev–Trinajstić information content (AvgIpc) is 2.96. The van der Waals surface area contributed by atoms with Crippen LogP contribution in [0.25, 0.3) is 0 Å². The Balaban J connectivity index is 1.84.